The lowest BCUT2D eigenvalue weighted by Crippen LogP contribution is -2.23. The molecule has 0 atom stereocenters. The maximum Gasteiger partial charge on any atom is 0.309 e. The number of esters is 1. The Bertz CT molecular complexity index is 431. The van der Waals surface area contributed by atoms with Gasteiger partial charge in [-0.15, -0.1) is 0 Å². The second kappa shape index (κ2) is 7.73. The lowest BCUT2D eigenvalue weighted by Gasteiger charge is -2.25. The molecule has 2 rings (SSSR count). The van der Waals surface area contributed by atoms with Crippen molar-refractivity contribution in [3.63, 3.8) is 0 Å². The number of ether oxygens (including phenoxy) is 2. The average Bonchev–Trinajstić information content (AvgIpc) is 2.52. The molecule has 0 aliphatic heterocycles. The predicted molar refractivity (Wildman–Crippen MR) is 77.8 cm³/mol. The van der Waals surface area contributed by atoms with E-state index in [9.17, 15) is 4.79 Å². The molecule has 1 aliphatic rings. The van der Waals surface area contributed by atoms with E-state index in [0.717, 1.165) is 31.2 Å². The second-order valence-electron chi connectivity index (χ2n) is 5.27. The molecule has 0 N–H and O–H groups in total. The van der Waals surface area contributed by atoms with Crippen LogP contribution in [0.2, 0.25) is 0 Å². The van der Waals surface area contributed by atoms with E-state index in [1.54, 1.807) is 13.4 Å². The van der Waals surface area contributed by atoms with Gasteiger partial charge in [-0.05, 0) is 43.2 Å². The van der Waals surface area contributed by atoms with Gasteiger partial charge in [-0.1, -0.05) is 30.3 Å². The summed E-state index contributed by atoms with van der Waals surface area (Å²) >= 11 is 0. The minimum Gasteiger partial charge on any atom is -0.505 e. The van der Waals surface area contributed by atoms with Crippen LogP contribution in [-0.2, 0) is 20.9 Å². The van der Waals surface area contributed by atoms with Crippen molar-refractivity contribution < 1.29 is 14.3 Å². The predicted octanol–water partition coefficient (Wildman–Crippen LogP) is 3.70. The van der Waals surface area contributed by atoms with Crippen molar-refractivity contribution in [1.29, 1.82) is 0 Å². The number of carbonyl (C=O) groups excluding carboxylic acids is 1. The third-order valence-corrected chi connectivity index (χ3v) is 3.82. The van der Waals surface area contributed by atoms with Crippen molar-refractivity contribution in [1.82, 2.24) is 0 Å². The first-order valence-electron chi connectivity index (χ1n) is 7.19. The van der Waals surface area contributed by atoms with Crippen molar-refractivity contribution in [2.45, 2.75) is 32.3 Å². The third kappa shape index (κ3) is 4.41. The van der Waals surface area contributed by atoms with Crippen LogP contribution in [0, 0.1) is 11.8 Å². The molecule has 0 unspecified atom stereocenters. The number of hydrogen-bond acceptors (Lipinski definition) is 3. The standard InChI is InChI=1S/C17H22O3/c1-19-12-11-14-7-9-16(10-8-14)17(18)20-13-15-5-3-2-4-6-15/h2-6,11-12,14,16H,7-10,13H2,1H3/b12-11+. The average molecular weight is 274 g/mol. The fourth-order valence-corrected chi connectivity index (χ4v) is 2.58. The maximum absolute atomic E-state index is 12.0. The summed E-state index contributed by atoms with van der Waals surface area (Å²) in [6, 6.07) is 9.81. The Morgan fingerprint density at radius 1 is 1.20 bits per heavy atom. The molecule has 0 aromatic heterocycles. The smallest absolute Gasteiger partial charge is 0.309 e. The topological polar surface area (TPSA) is 35.5 Å². The number of hydrogen-bond donors (Lipinski definition) is 0. The third-order valence-electron chi connectivity index (χ3n) is 3.82. The minimum absolute atomic E-state index is 0.0528. The van der Waals surface area contributed by atoms with Crippen LogP contribution in [0.25, 0.3) is 0 Å². The number of benzene rings is 1. The van der Waals surface area contributed by atoms with Gasteiger partial charge < -0.3 is 9.47 Å². The van der Waals surface area contributed by atoms with Crippen molar-refractivity contribution in [3.8, 4) is 0 Å². The van der Waals surface area contributed by atoms with Gasteiger partial charge in [0.1, 0.15) is 6.61 Å². The van der Waals surface area contributed by atoms with Gasteiger partial charge >= 0.3 is 5.97 Å². The normalized spacial score (nSPS) is 22.6. The molecular formula is C17H22O3. The van der Waals surface area contributed by atoms with Gasteiger partial charge in [0.2, 0.25) is 0 Å². The summed E-state index contributed by atoms with van der Waals surface area (Å²) in [7, 11) is 1.66. The Balaban J connectivity index is 1.73. The van der Waals surface area contributed by atoms with Gasteiger partial charge in [-0.3, -0.25) is 4.79 Å². The summed E-state index contributed by atoms with van der Waals surface area (Å²) in [5, 5.41) is 0. The number of carbonyl (C=O) groups is 1. The minimum atomic E-state index is -0.0528. The van der Waals surface area contributed by atoms with Gasteiger partial charge in [0.15, 0.2) is 0 Å². The molecule has 108 valence electrons. The zero-order chi connectivity index (χ0) is 14.2. The second-order valence-corrected chi connectivity index (χ2v) is 5.27. The number of allylic oxidation sites excluding steroid dienone is 1. The molecule has 20 heavy (non-hydrogen) atoms. The molecular weight excluding hydrogens is 252 g/mol. The number of rotatable bonds is 5. The highest BCUT2D eigenvalue weighted by Gasteiger charge is 2.26. The molecule has 0 amide bonds. The zero-order valence-electron chi connectivity index (χ0n) is 12.0. The molecule has 0 heterocycles. The van der Waals surface area contributed by atoms with Crippen LogP contribution in [0.3, 0.4) is 0 Å². The van der Waals surface area contributed by atoms with E-state index in [2.05, 4.69) is 6.08 Å². The van der Waals surface area contributed by atoms with Crippen molar-refractivity contribution in [2.24, 2.45) is 11.8 Å². The Hall–Kier alpha value is -1.77. The summed E-state index contributed by atoms with van der Waals surface area (Å²) in [4.78, 5) is 12.0. The Morgan fingerprint density at radius 2 is 1.90 bits per heavy atom. The monoisotopic (exact) mass is 274 g/mol. The van der Waals surface area contributed by atoms with Gasteiger partial charge in [-0.25, -0.2) is 0 Å². The molecule has 1 aromatic rings. The van der Waals surface area contributed by atoms with Crippen LogP contribution in [0.5, 0.6) is 0 Å². The molecule has 3 nitrogen and oxygen atoms in total. The van der Waals surface area contributed by atoms with Crippen LogP contribution < -0.4 is 0 Å². The molecule has 0 bridgehead atoms. The molecule has 3 heteroatoms. The van der Waals surface area contributed by atoms with E-state index in [-0.39, 0.29) is 11.9 Å². The summed E-state index contributed by atoms with van der Waals surface area (Å²) in [5.41, 5.74) is 1.04. The van der Waals surface area contributed by atoms with Gasteiger partial charge in [-0.2, -0.15) is 0 Å². The Morgan fingerprint density at radius 3 is 2.55 bits per heavy atom. The first kappa shape index (κ1) is 14.6. The largest absolute Gasteiger partial charge is 0.505 e. The van der Waals surface area contributed by atoms with Crippen molar-refractivity contribution >= 4 is 5.97 Å². The van der Waals surface area contributed by atoms with Gasteiger partial charge in [0, 0.05) is 0 Å². The Labute approximate surface area is 120 Å². The molecule has 1 fully saturated rings. The van der Waals surface area contributed by atoms with Crippen molar-refractivity contribution in [2.75, 3.05) is 7.11 Å². The summed E-state index contributed by atoms with van der Waals surface area (Å²) < 4.78 is 10.3. The Kier molecular flexibility index (Phi) is 5.66. The van der Waals surface area contributed by atoms with E-state index < -0.39 is 0 Å². The fraction of sp³-hybridized carbons (Fsp3) is 0.471. The van der Waals surface area contributed by atoms with E-state index in [1.807, 2.05) is 30.3 Å². The molecule has 1 aromatic carbocycles. The highest BCUT2D eigenvalue weighted by Crippen LogP contribution is 2.30. The highest BCUT2D eigenvalue weighted by atomic mass is 16.5. The molecule has 1 saturated carbocycles. The van der Waals surface area contributed by atoms with Crippen LogP contribution in [0.15, 0.2) is 42.7 Å². The molecule has 1 aliphatic carbocycles. The summed E-state index contributed by atoms with van der Waals surface area (Å²) in [6.45, 7) is 0.378. The molecule has 0 spiro atoms. The van der Waals surface area contributed by atoms with Crippen molar-refractivity contribution in [3.05, 3.63) is 48.2 Å². The van der Waals surface area contributed by atoms with Gasteiger partial charge in [0.05, 0.1) is 19.3 Å². The van der Waals surface area contributed by atoms with Crippen LogP contribution in [0.4, 0.5) is 0 Å². The molecule has 0 radical (unpaired) electrons. The quantitative estimate of drug-likeness (QED) is 0.606. The van der Waals surface area contributed by atoms with Crippen LogP contribution >= 0.6 is 0 Å². The molecule has 0 saturated heterocycles. The zero-order valence-corrected chi connectivity index (χ0v) is 12.0. The lowest BCUT2D eigenvalue weighted by molar-refractivity contribution is -0.151. The van der Waals surface area contributed by atoms with E-state index in [4.69, 9.17) is 9.47 Å². The van der Waals surface area contributed by atoms with E-state index in [1.165, 1.54) is 0 Å². The van der Waals surface area contributed by atoms with Gasteiger partial charge in [0.25, 0.3) is 0 Å². The summed E-state index contributed by atoms with van der Waals surface area (Å²) in [6.07, 6.45) is 7.71. The van der Waals surface area contributed by atoms with Crippen LogP contribution in [0.1, 0.15) is 31.2 Å². The first-order chi connectivity index (χ1) is 9.79. The first-order valence-corrected chi connectivity index (χ1v) is 7.19. The maximum atomic E-state index is 12.0. The fourth-order valence-electron chi connectivity index (χ4n) is 2.58. The number of methoxy groups -OCH3 is 1. The van der Waals surface area contributed by atoms with E-state index >= 15 is 0 Å². The highest BCUT2D eigenvalue weighted by molar-refractivity contribution is 5.72. The van der Waals surface area contributed by atoms with E-state index in [0.29, 0.717) is 12.5 Å². The summed E-state index contributed by atoms with van der Waals surface area (Å²) in [5.74, 6) is 0.544. The SMILES string of the molecule is CO/C=C/C1CCC(C(=O)OCc2ccccc2)CC1. The lowest BCUT2D eigenvalue weighted by atomic mass is 9.82. The van der Waals surface area contributed by atoms with Crippen LogP contribution in [-0.4, -0.2) is 13.1 Å².